The van der Waals surface area contributed by atoms with E-state index < -0.39 is 11.7 Å². The fourth-order valence-electron chi connectivity index (χ4n) is 4.93. The van der Waals surface area contributed by atoms with Crippen molar-refractivity contribution in [3.8, 4) is 11.4 Å². The molecule has 0 radical (unpaired) electrons. The molecule has 1 fully saturated rings. The number of hydrogen-bond donors (Lipinski definition) is 1. The minimum Gasteiger partial charge on any atom is -0.467 e. The maximum Gasteiger partial charge on any atom is 0.416 e. The number of halogens is 3. The second-order valence-electron chi connectivity index (χ2n) is 9.75. The van der Waals surface area contributed by atoms with Gasteiger partial charge in [0.25, 0.3) is 5.91 Å². The molecule has 4 heterocycles. The highest BCUT2D eigenvalue weighted by Crippen LogP contribution is 2.34. The Morgan fingerprint density at radius 2 is 1.95 bits per heavy atom. The molecule has 1 aromatic carbocycles. The van der Waals surface area contributed by atoms with Gasteiger partial charge in [-0.05, 0) is 63.1 Å². The largest absolute Gasteiger partial charge is 0.467 e. The molecule has 0 aliphatic carbocycles. The number of thiazole rings is 1. The van der Waals surface area contributed by atoms with Gasteiger partial charge in [-0.25, -0.2) is 4.98 Å². The lowest BCUT2D eigenvalue weighted by Gasteiger charge is -2.31. The maximum atomic E-state index is 13.6. The fourth-order valence-corrected chi connectivity index (χ4v) is 5.65. The summed E-state index contributed by atoms with van der Waals surface area (Å²) in [6.07, 6.45) is -1.79. The topological polar surface area (TPSA) is 89.6 Å². The Labute approximate surface area is 238 Å². The molecule has 0 spiro atoms. The van der Waals surface area contributed by atoms with Gasteiger partial charge in [0.2, 0.25) is 0 Å². The molecule has 0 bridgehead atoms. The number of ether oxygens (including phenoxy) is 1. The molecule has 3 aromatic heterocycles. The number of likely N-dealkylation sites (tertiary alicyclic amines) is 1. The maximum absolute atomic E-state index is 13.6. The Hall–Kier alpha value is -4.06. The number of benzene rings is 1. The minimum absolute atomic E-state index is 0.137. The van der Waals surface area contributed by atoms with Crippen molar-refractivity contribution in [2.75, 3.05) is 25.0 Å². The van der Waals surface area contributed by atoms with Gasteiger partial charge in [0, 0.05) is 29.9 Å². The number of nitrogens with one attached hydrogen (secondary N) is 1. The summed E-state index contributed by atoms with van der Waals surface area (Å²) in [7, 11) is 0. The number of anilines is 2. The number of piperidine rings is 1. The van der Waals surface area contributed by atoms with Crippen molar-refractivity contribution in [1.82, 2.24) is 14.5 Å². The van der Waals surface area contributed by atoms with Gasteiger partial charge in [0.05, 0.1) is 47.8 Å². The lowest BCUT2D eigenvalue weighted by Crippen LogP contribution is -2.40. The summed E-state index contributed by atoms with van der Waals surface area (Å²) in [4.78, 5) is 32.1. The van der Waals surface area contributed by atoms with Crippen LogP contribution in [0.3, 0.4) is 0 Å². The lowest BCUT2D eigenvalue weighted by atomic mass is 9.96. The molecule has 5 rings (SSSR count). The van der Waals surface area contributed by atoms with Crippen molar-refractivity contribution in [3.05, 3.63) is 76.7 Å². The van der Waals surface area contributed by atoms with Gasteiger partial charge in [-0.3, -0.25) is 9.59 Å². The SMILES string of the molecule is CCOC(=O)C1CCN(C(=O)c2cc(-c3csc(Nc4cccc(C(F)(F)F)c4)n3)n(Cc3ccco3)c2C)CC1. The van der Waals surface area contributed by atoms with Crippen LogP contribution in [-0.4, -0.2) is 46.0 Å². The number of rotatable bonds is 8. The Balaban J connectivity index is 1.40. The molecule has 1 amide bonds. The number of carbonyl (C=O) groups excluding carboxylic acids is 2. The molecule has 12 heteroatoms. The van der Waals surface area contributed by atoms with Crippen LogP contribution in [0.15, 0.2) is 58.5 Å². The van der Waals surface area contributed by atoms with Crippen molar-refractivity contribution in [3.63, 3.8) is 0 Å². The zero-order valence-corrected chi connectivity index (χ0v) is 23.3. The third-order valence-electron chi connectivity index (χ3n) is 7.10. The minimum atomic E-state index is -4.45. The Morgan fingerprint density at radius 1 is 1.17 bits per heavy atom. The van der Waals surface area contributed by atoms with Gasteiger partial charge in [-0.2, -0.15) is 13.2 Å². The van der Waals surface area contributed by atoms with Crippen molar-refractivity contribution in [2.45, 2.75) is 39.4 Å². The smallest absolute Gasteiger partial charge is 0.416 e. The first-order valence-electron chi connectivity index (χ1n) is 13.2. The normalized spacial score (nSPS) is 14.3. The van der Waals surface area contributed by atoms with E-state index in [0.717, 1.165) is 17.8 Å². The molecule has 1 N–H and O–H groups in total. The number of esters is 1. The molecule has 0 saturated carbocycles. The second kappa shape index (κ2) is 11.8. The Bertz CT molecular complexity index is 1520. The summed E-state index contributed by atoms with van der Waals surface area (Å²) < 4.78 is 52.1. The molecule has 4 aromatic rings. The van der Waals surface area contributed by atoms with E-state index in [0.29, 0.717) is 66.9 Å². The number of aromatic nitrogens is 2. The van der Waals surface area contributed by atoms with Crippen LogP contribution in [0.2, 0.25) is 0 Å². The molecular formula is C29H29F3N4O4S. The summed E-state index contributed by atoms with van der Waals surface area (Å²) in [6.45, 7) is 5.22. The third kappa shape index (κ3) is 6.32. The van der Waals surface area contributed by atoms with Gasteiger partial charge in [-0.15, -0.1) is 11.3 Å². The highest BCUT2D eigenvalue weighted by atomic mass is 32.1. The van der Waals surface area contributed by atoms with E-state index in [1.165, 1.54) is 17.4 Å². The van der Waals surface area contributed by atoms with E-state index in [1.54, 1.807) is 41.7 Å². The van der Waals surface area contributed by atoms with Crippen LogP contribution >= 0.6 is 11.3 Å². The molecule has 0 atom stereocenters. The van der Waals surface area contributed by atoms with Gasteiger partial charge in [0.1, 0.15) is 5.76 Å². The van der Waals surface area contributed by atoms with Crippen molar-refractivity contribution < 1.29 is 31.9 Å². The molecule has 8 nitrogen and oxygen atoms in total. The first-order valence-corrected chi connectivity index (χ1v) is 14.1. The highest BCUT2D eigenvalue weighted by Gasteiger charge is 2.32. The van der Waals surface area contributed by atoms with Crippen LogP contribution in [0.4, 0.5) is 24.0 Å². The van der Waals surface area contributed by atoms with Crippen LogP contribution in [0.25, 0.3) is 11.4 Å². The molecule has 41 heavy (non-hydrogen) atoms. The first-order chi connectivity index (χ1) is 19.6. The van der Waals surface area contributed by atoms with Gasteiger partial charge in [-0.1, -0.05) is 6.07 Å². The number of amides is 1. The second-order valence-corrected chi connectivity index (χ2v) is 10.6. The summed E-state index contributed by atoms with van der Waals surface area (Å²) in [6, 6.07) is 10.3. The predicted molar refractivity (Wildman–Crippen MR) is 148 cm³/mol. The highest BCUT2D eigenvalue weighted by molar-refractivity contribution is 7.14. The fraction of sp³-hybridized carbons (Fsp3) is 0.345. The van der Waals surface area contributed by atoms with E-state index >= 15 is 0 Å². The molecule has 1 saturated heterocycles. The molecular weight excluding hydrogens is 557 g/mol. The van der Waals surface area contributed by atoms with Crippen molar-refractivity contribution in [2.24, 2.45) is 5.92 Å². The van der Waals surface area contributed by atoms with Crippen LogP contribution in [0, 0.1) is 12.8 Å². The average molecular weight is 587 g/mol. The number of hydrogen-bond acceptors (Lipinski definition) is 7. The monoisotopic (exact) mass is 586 g/mol. The summed E-state index contributed by atoms with van der Waals surface area (Å²) >= 11 is 1.25. The Morgan fingerprint density at radius 3 is 2.63 bits per heavy atom. The third-order valence-corrected chi connectivity index (χ3v) is 7.86. The van der Waals surface area contributed by atoms with Crippen molar-refractivity contribution in [1.29, 1.82) is 0 Å². The van der Waals surface area contributed by atoms with E-state index in [2.05, 4.69) is 10.3 Å². The van der Waals surface area contributed by atoms with Gasteiger partial charge >= 0.3 is 12.1 Å². The van der Waals surface area contributed by atoms with Gasteiger partial charge < -0.3 is 23.9 Å². The zero-order chi connectivity index (χ0) is 29.1. The molecule has 216 valence electrons. The average Bonchev–Trinajstić information content (AvgIpc) is 3.70. The lowest BCUT2D eigenvalue weighted by molar-refractivity contribution is -0.149. The predicted octanol–water partition coefficient (Wildman–Crippen LogP) is 6.74. The molecule has 1 aliphatic heterocycles. The van der Waals surface area contributed by atoms with E-state index in [1.807, 2.05) is 17.6 Å². The van der Waals surface area contributed by atoms with Crippen molar-refractivity contribution >= 4 is 34.0 Å². The van der Waals surface area contributed by atoms with Gasteiger partial charge in [0.15, 0.2) is 5.13 Å². The van der Waals surface area contributed by atoms with Crippen LogP contribution in [-0.2, 0) is 22.3 Å². The summed E-state index contributed by atoms with van der Waals surface area (Å²) in [5.74, 6) is 0.122. The number of carbonyl (C=O) groups is 2. The molecule has 0 unspecified atom stereocenters. The zero-order valence-electron chi connectivity index (χ0n) is 22.5. The molecule has 1 aliphatic rings. The first kappa shape index (κ1) is 28.5. The Kier molecular flexibility index (Phi) is 8.20. The summed E-state index contributed by atoms with van der Waals surface area (Å²) in [5.41, 5.74) is 2.01. The summed E-state index contributed by atoms with van der Waals surface area (Å²) in [5, 5.41) is 5.16. The number of furan rings is 1. The standard InChI is InChI=1S/C29H29F3N4O4S/c1-3-39-27(38)19-9-11-35(12-10-19)26(37)23-15-25(36(18(23)2)16-22-8-5-13-40-22)24-17-41-28(34-24)33-21-7-4-6-20(14-21)29(30,31)32/h4-8,13-15,17,19H,3,9-12,16H2,1-2H3,(H,33,34). The number of alkyl halides is 3. The van der Waals surface area contributed by atoms with E-state index in [-0.39, 0.29) is 23.5 Å². The van der Waals surface area contributed by atoms with E-state index in [4.69, 9.17) is 9.15 Å². The number of nitrogens with zero attached hydrogens (tertiary/aromatic N) is 3. The van der Waals surface area contributed by atoms with Crippen LogP contribution in [0.5, 0.6) is 0 Å². The van der Waals surface area contributed by atoms with Crippen LogP contribution in [0.1, 0.15) is 47.1 Å². The quantitative estimate of drug-likeness (QED) is 0.230. The van der Waals surface area contributed by atoms with E-state index in [9.17, 15) is 22.8 Å². The van der Waals surface area contributed by atoms with Crippen LogP contribution < -0.4 is 5.32 Å².